The molecule has 5 nitrogen and oxygen atoms in total. The summed E-state index contributed by atoms with van der Waals surface area (Å²) in [7, 11) is 0. The highest BCUT2D eigenvalue weighted by molar-refractivity contribution is 6.32. The minimum atomic E-state index is -0.0504. The van der Waals surface area contributed by atoms with Crippen molar-refractivity contribution in [2.45, 2.75) is 39.5 Å². The van der Waals surface area contributed by atoms with Crippen molar-refractivity contribution >= 4 is 11.6 Å². The third-order valence-electron chi connectivity index (χ3n) is 2.97. The second-order valence-electron chi connectivity index (χ2n) is 4.98. The van der Waals surface area contributed by atoms with Gasteiger partial charge in [-0.15, -0.1) is 0 Å². The molecule has 2 N–H and O–H groups in total. The van der Waals surface area contributed by atoms with E-state index in [9.17, 15) is 0 Å². The molecule has 0 bridgehead atoms. The summed E-state index contributed by atoms with van der Waals surface area (Å²) in [5.74, 6) is 1.39. The minimum Gasteiger partial charge on any atom is -0.484 e. The van der Waals surface area contributed by atoms with E-state index in [2.05, 4.69) is 10.1 Å². The largest absolute Gasteiger partial charge is 0.484 e. The molecule has 0 radical (unpaired) electrons. The Morgan fingerprint density at radius 3 is 2.70 bits per heavy atom. The third kappa shape index (κ3) is 3.29. The van der Waals surface area contributed by atoms with E-state index in [1.807, 2.05) is 43.7 Å². The van der Waals surface area contributed by atoms with Crippen molar-refractivity contribution in [1.29, 1.82) is 0 Å². The molecule has 2 rings (SSSR count). The molecule has 1 aromatic carbocycles. The molecule has 0 aliphatic rings. The van der Waals surface area contributed by atoms with E-state index in [1.165, 1.54) is 6.33 Å². The van der Waals surface area contributed by atoms with Crippen LogP contribution in [-0.4, -0.2) is 14.8 Å². The van der Waals surface area contributed by atoms with Crippen LogP contribution in [0.2, 0.25) is 5.02 Å². The lowest BCUT2D eigenvalue weighted by atomic mass is 10.1. The fourth-order valence-electron chi connectivity index (χ4n) is 1.87. The standard InChI is InChI=1S/C14H19ClN4O/c1-9(2)19-14(17-8-18-19)7-20-13-5-4-11(10(3)16)6-12(13)15/h4-6,8-10H,7,16H2,1-3H3/t10-/m0/s1. The highest BCUT2D eigenvalue weighted by Gasteiger charge is 2.10. The number of halogens is 1. The first kappa shape index (κ1) is 14.8. The van der Waals surface area contributed by atoms with Gasteiger partial charge in [0.15, 0.2) is 5.82 Å². The molecular formula is C14H19ClN4O. The van der Waals surface area contributed by atoms with E-state index < -0.39 is 0 Å². The molecule has 0 unspecified atom stereocenters. The summed E-state index contributed by atoms with van der Waals surface area (Å²) in [6.45, 7) is 6.33. The molecule has 0 saturated heterocycles. The van der Waals surface area contributed by atoms with Crippen molar-refractivity contribution in [3.05, 3.63) is 40.9 Å². The monoisotopic (exact) mass is 294 g/mol. The van der Waals surface area contributed by atoms with Crippen LogP contribution in [0.25, 0.3) is 0 Å². The number of aromatic nitrogens is 3. The van der Waals surface area contributed by atoms with Gasteiger partial charge >= 0.3 is 0 Å². The highest BCUT2D eigenvalue weighted by Crippen LogP contribution is 2.28. The number of hydrogen-bond acceptors (Lipinski definition) is 4. The molecule has 1 heterocycles. The van der Waals surface area contributed by atoms with Crippen molar-refractivity contribution < 1.29 is 4.74 Å². The smallest absolute Gasteiger partial charge is 0.165 e. The van der Waals surface area contributed by atoms with E-state index >= 15 is 0 Å². The van der Waals surface area contributed by atoms with Crippen LogP contribution in [0, 0.1) is 0 Å². The minimum absolute atomic E-state index is 0.0504. The number of nitrogens with two attached hydrogens (primary N) is 1. The molecule has 1 atom stereocenters. The fraction of sp³-hybridized carbons (Fsp3) is 0.429. The lowest BCUT2D eigenvalue weighted by molar-refractivity contribution is 0.282. The maximum absolute atomic E-state index is 6.19. The molecule has 0 aliphatic carbocycles. The van der Waals surface area contributed by atoms with Crippen molar-refractivity contribution in [3.8, 4) is 5.75 Å². The Bertz CT molecular complexity index is 580. The Balaban J connectivity index is 2.09. The van der Waals surface area contributed by atoms with Crippen molar-refractivity contribution in [2.75, 3.05) is 0 Å². The van der Waals surface area contributed by atoms with Gasteiger partial charge in [-0.05, 0) is 38.5 Å². The first-order chi connectivity index (χ1) is 9.49. The Labute approximate surface area is 123 Å². The predicted molar refractivity (Wildman–Crippen MR) is 78.8 cm³/mol. The lowest BCUT2D eigenvalue weighted by Gasteiger charge is -2.12. The Hall–Kier alpha value is -1.59. The second-order valence-corrected chi connectivity index (χ2v) is 5.39. The topological polar surface area (TPSA) is 66.0 Å². The number of benzene rings is 1. The quantitative estimate of drug-likeness (QED) is 0.920. The van der Waals surface area contributed by atoms with Gasteiger partial charge < -0.3 is 10.5 Å². The molecular weight excluding hydrogens is 276 g/mol. The normalized spacial score (nSPS) is 12.7. The van der Waals surface area contributed by atoms with Crippen LogP contribution in [0.4, 0.5) is 0 Å². The van der Waals surface area contributed by atoms with Crippen LogP contribution in [0.3, 0.4) is 0 Å². The van der Waals surface area contributed by atoms with Crippen LogP contribution < -0.4 is 10.5 Å². The number of nitrogens with zero attached hydrogens (tertiary/aromatic N) is 3. The van der Waals surface area contributed by atoms with E-state index in [0.717, 1.165) is 11.4 Å². The maximum atomic E-state index is 6.19. The summed E-state index contributed by atoms with van der Waals surface area (Å²) in [6.07, 6.45) is 1.53. The zero-order valence-corrected chi connectivity index (χ0v) is 12.6. The van der Waals surface area contributed by atoms with Crippen LogP contribution in [0.15, 0.2) is 24.5 Å². The van der Waals surface area contributed by atoms with Crippen LogP contribution in [0.1, 0.15) is 44.2 Å². The van der Waals surface area contributed by atoms with Gasteiger partial charge in [0.25, 0.3) is 0 Å². The molecule has 0 saturated carbocycles. The lowest BCUT2D eigenvalue weighted by Crippen LogP contribution is -2.11. The summed E-state index contributed by atoms with van der Waals surface area (Å²) in [6, 6.07) is 5.77. The summed E-state index contributed by atoms with van der Waals surface area (Å²) < 4.78 is 7.53. The molecule has 0 aliphatic heterocycles. The molecule has 0 fully saturated rings. The molecule has 2 aromatic rings. The summed E-state index contributed by atoms with van der Waals surface area (Å²) >= 11 is 6.19. The van der Waals surface area contributed by atoms with Crippen molar-refractivity contribution in [3.63, 3.8) is 0 Å². The van der Waals surface area contributed by atoms with Gasteiger partial charge in [-0.1, -0.05) is 17.7 Å². The average molecular weight is 295 g/mol. The Morgan fingerprint density at radius 2 is 2.10 bits per heavy atom. The number of hydrogen-bond donors (Lipinski definition) is 1. The van der Waals surface area contributed by atoms with Gasteiger partial charge in [-0.25, -0.2) is 9.67 Å². The highest BCUT2D eigenvalue weighted by atomic mass is 35.5. The van der Waals surface area contributed by atoms with E-state index in [-0.39, 0.29) is 12.1 Å². The molecule has 20 heavy (non-hydrogen) atoms. The number of ether oxygens (including phenoxy) is 1. The molecule has 0 spiro atoms. The predicted octanol–water partition coefficient (Wildman–Crippen LogP) is 3.11. The summed E-state index contributed by atoms with van der Waals surface area (Å²) in [4.78, 5) is 4.19. The van der Waals surface area contributed by atoms with Gasteiger partial charge in [0.2, 0.25) is 0 Å². The molecule has 108 valence electrons. The van der Waals surface area contributed by atoms with Crippen LogP contribution in [-0.2, 0) is 6.61 Å². The van der Waals surface area contributed by atoms with E-state index in [0.29, 0.717) is 17.4 Å². The second kappa shape index (κ2) is 6.24. The zero-order chi connectivity index (χ0) is 14.7. The Morgan fingerprint density at radius 1 is 1.35 bits per heavy atom. The average Bonchev–Trinajstić information content (AvgIpc) is 2.85. The zero-order valence-electron chi connectivity index (χ0n) is 11.9. The molecule has 1 aromatic heterocycles. The van der Waals surface area contributed by atoms with E-state index in [4.69, 9.17) is 22.1 Å². The summed E-state index contributed by atoms with van der Waals surface area (Å²) in [5, 5.41) is 4.72. The molecule has 0 amide bonds. The van der Waals surface area contributed by atoms with E-state index in [1.54, 1.807) is 0 Å². The third-order valence-corrected chi connectivity index (χ3v) is 3.27. The van der Waals surface area contributed by atoms with Gasteiger partial charge in [0, 0.05) is 12.1 Å². The Kier molecular flexibility index (Phi) is 4.62. The first-order valence-corrected chi connectivity index (χ1v) is 6.93. The van der Waals surface area contributed by atoms with Crippen LogP contribution >= 0.6 is 11.6 Å². The van der Waals surface area contributed by atoms with Crippen LogP contribution in [0.5, 0.6) is 5.75 Å². The van der Waals surface area contributed by atoms with Crippen molar-refractivity contribution in [2.24, 2.45) is 5.73 Å². The maximum Gasteiger partial charge on any atom is 0.165 e. The molecule has 6 heteroatoms. The van der Waals surface area contributed by atoms with Gasteiger partial charge in [0.1, 0.15) is 18.7 Å². The van der Waals surface area contributed by atoms with Gasteiger partial charge in [0.05, 0.1) is 5.02 Å². The van der Waals surface area contributed by atoms with Gasteiger partial charge in [-0.2, -0.15) is 5.10 Å². The number of rotatable bonds is 5. The first-order valence-electron chi connectivity index (χ1n) is 6.55. The van der Waals surface area contributed by atoms with Gasteiger partial charge in [-0.3, -0.25) is 0 Å². The SMILES string of the molecule is CC(C)n1ncnc1COc1ccc([C@H](C)N)cc1Cl. The fourth-order valence-corrected chi connectivity index (χ4v) is 2.11. The van der Waals surface area contributed by atoms with Crippen molar-refractivity contribution in [1.82, 2.24) is 14.8 Å². The summed E-state index contributed by atoms with van der Waals surface area (Å²) in [5.41, 5.74) is 6.80.